The van der Waals surface area contributed by atoms with Crippen LogP contribution in [-0.2, 0) is 4.79 Å². The zero-order valence-corrected chi connectivity index (χ0v) is 18.1. The number of benzene rings is 2. The largest absolute Gasteiger partial charge is 0.494 e. The van der Waals surface area contributed by atoms with Crippen molar-refractivity contribution < 1.29 is 14.3 Å². The fraction of sp³-hybridized carbons (Fsp3) is 0.318. The molecular weight excluding hydrogens is 400 g/mol. The average Bonchev–Trinajstić information content (AvgIpc) is 3.13. The van der Waals surface area contributed by atoms with Crippen LogP contribution in [0.15, 0.2) is 47.6 Å². The summed E-state index contributed by atoms with van der Waals surface area (Å²) in [4.78, 5) is 32.6. The van der Waals surface area contributed by atoms with Gasteiger partial charge in [0.25, 0.3) is 5.91 Å². The molecule has 0 aliphatic heterocycles. The molecule has 3 N–H and O–H groups in total. The summed E-state index contributed by atoms with van der Waals surface area (Å²) in [5.74, 6) is 0.880. The third kappa shape index (κ3) is 5.76. The van der Waals surface area contributed by atoms with E-state index in [4.69, 9.17) is 4.74 Å². The summed E-state index contributed by atoms with van der Waals surface area (Å²) < 4.78 is 5.50. The number of hydrogen-bond acceptors (Lipinski definition) is 5. The number of ether oxygens (including phenoxy) is 1. The molecule has 0 aliphatic carbocycles. The van der Waals surface area contributed by atoms with Crippen molar-refractivity contribution in [2.24, 2.45) is 5.92 Å². The average molecular weight is 427 g/mol. The molecule has 3 rings (SSSR count). The first-order chi connectivity index (χ1) is 14.5. The van der Waals surface area contributed by atoms with Crippen molar-refractivity contribution >= 4 is 40.3 Å². The summed E-state index contributed by atoms with van der Waals surface area (Å²) in [6, 6.07) is 12.6. The highest BCUT2D eigenvalue weighted by Gasteiger charge is 2.14. The molecule has 0 spiro atoms. The molecule has 2 amide bonds. The Hall–Kier alpha value is -3.00. The van der Waals surface area contributed by atoms with E-state index in [9.17, 15) is 9.59 Å². The van der Waals surface area contributed by atoms with Gasteiger partial charge in [0, 0.05) is 12.6 Å². The van der Waals surface area contributed by atoms with E-state index in [0.717, 1.165) is 16.8 Å². The molecule has 0 radical (unpaired) electrons. The number of nitrogens with one attached hydrogen (secondary N) is 3. The number of carbonyl (C=O) groups is 2. The van der Waals surface area contributed by atoms with Gasteiger partial charge in [-0.1, -0.05) is 37.7 Å². The summed E-state index contributed by atoms with van der Waals surface area (Å²) in [6.07, 6.45) is 0. The molecule has 7 nitrogen and oxygen atoms in total. The number of aromatic nitrogens is 2. The van der Waals surface area contributed by atoms with Gasteiger partial charge >= 0.3 is 0 Å². The number of thioether (sulfide) groups is 1. The summed E-state index contributed by atoms with van der Waals surface area (Å²) in [5, 5.41) is 6.35. The number of rotatable bonds is 9. The lowest BCUT2D eigenvalue weighted by Gasteiger charge is -2.12. The van der Waals surface area contributed by atoms with E-state index in [1.54, 1.807) is 24.3 Å². The number of nitrogens with zero attached hydrogens (tertiary/aromatic N) is 1. The normalized spacial score (nSPS) is 10.9. The minimum Gasteiger partial charge on any atom is -0.494 e. The molecule has 0 unspecified atom stereocenters. The smallest absolute Gasteiger partial charge is 0.253 e. The van der Waals surface area contributed by atoms with Gasteiger partial charge in [-0.2, -0.15) is 0 Å². The van der Waals surface area contributed by atoms with Crippen LogP contribution in [0.3, 0.4) is 0 Å². The fourth-order valence-electron chi connectivity index (χ4n) is 2.79. The SMILES string of the molecule is CCOc1ccc2nc(SCC(=O)Nc3ccccc3C(=O)NCC(C)C)[nH]c2c1. The lowest BCUT2D eigenvalue weighted by atomic mass is 10.1. The van der Waals surface area contributed by atoms with E-state index in [0.29, 0.717) is 35.5 Å². The van der Waals surface area contributed by atoms with Crippen molar-refractivity contribution in [3.63, 3.8) is 0 Å². The molecule has 0 atom stereocenters. The first kappa shape index (κ1) is 21.7. The number of fused-ring (bicyclic) bond motifs is 1. The maximum Gasteiger partial charge on any atom is 0.253 e. The second-order valence-electron chi connectivity index (χ2n) is 7.14. The van der Waals surface area contributed by atoms with Crippen molar-refractivity contribution in [3.05, 3.63) is 48.0 Å². The number of para-hydroxylation sites is 1. The van der Waals surface area contributed by atoms with Crippen LogP contribution >= 0.6 is 11.8 Å². The van der Waals surface area contributed by atoms with E-state index >= 15 is 0 Å². The van der Waals surface area contributed by atoms with Crippen LogP contribution in [0.4, 0.5) is 5.69 Å². The summed E-state index contributed by atoms with van der Waals surface area (Å²) in [5.41, 5.74) is 2.61. The highest BCUT2D eigenvalue weighted by atomic mass is 32.2. The maximum atomic E-state index is 12.5. The third-order valence-electron chi connectivity index (χ3n) is 4.20. The van der Waals surface area contributed by atoms with Crippen LogP contribution in [0.25, 0.3) is 11.0 Å². The van der Waals surface area contributed by atoms with Gasteiger partial charge in [0.1, 0.15) is 5.75 Å². The molecule has 0 saturated heterocycles. The molecule has 0 aliphatic rings. The Balaban J connectivity index is 1.61. The van der Waals surface area contributed by atoms with E-state index in [-0.39, 0.29) is 17.6 Å². The van der Waals surface area contributed by atoms with E-state index < -0.39 is 0 Å². The quantitative estimate of drug-likeness (QED) is 0.448. The van der Waals surface area contributed by atoms with Crippen LogP contribution in [-0.4, -0.2) is 40.7 Å². The number of anilines is 1. The number of aromatic amines is 1. The Labute approximate surface area is 180 Å². The summed E-state index contributed by atoms with van der Waals surface area (Å²) in [6.45, 7) is 7.16. The van der Waals surface area contributed by atoms with Gasteiger partial charge in [-0.25, -0.2) is 4.98 Å². The van der Waals surface area contributed by atoms with Crippen molar-refractivity contribution in [3.8, 4) is 5.75 Å². The first-order valence-corrected chi connectivity index (χ1v) is 10.9. The monoisotopic (exact) mass is 426 g/mol. The van der Waals surface area contributed by atoms with Crippen LogP contribution < -0.4 is 15.4 Å². The van der Waals surface area contributed by atoms with Crippen LogP contribution in [0.5, 0.6) is 5.75 Å². The highest BCUT2D eigenvalue weighted by Crippen LogP contribution is 2.24. The molecule has 0 saturated carbocycles. The second kappa shape index (κ2) is 10.2. The van der Waals surface area contributed by atoms with Gasteiger partial charge in [-0.3, -0.25) is 9.59 Å². The van der Waals surface area contributed by atoms with Gasteiger partial charge < -0.3 is 20.4 Å². The minimum absolute atomic E-state index is 0.167. The Bertz CT molecular complexity index is 1030. The van der Waals surface area contributed by atoms with Crippen molar-refractivity contribution in [1.82, 2.24) is 15.3 Å². The molecule has 0 fully saturated rings. The maximum absolute atomic E-state index is 12.5. The van der Waals surface area contributed by atoms with Gasteiger partial charge in [0.2, 0.25) is 5.91 Å². The van der Waals surface area contributed by atoms with Gasteiger partial charge in [-0.15, -0.1) is 0 Å². The van der Waals surface area contributed by atoms with E-state index in [2.05, 4.69) is 20.6 Å². The molecule has 8 heteroatoms. The molecular formula is C22H26N4O3S. The highest BCUT2D eigenvalue weighted by molar-refractivity contribution is 7.99. The standard InChI is InChI=1S/C22H26N4O3S/c1-4-29-15-9-10-18-19(11-15)26-22(25-18)30-13-20(27)24-17-8-6-5-7-16(17)21(28)23-12-14(2)3/h5-11,14H,4,12-13H2,1-3H3,(H,23,28)(H,24,27)(H,25,26). The van der Waals surface area contributed by atoms with Gasteiger partial charge in [-0.05, 0) is 37.1 Å². The molecule has 2 aromatic carbocycles. The Kier molecular flexibility index (Phi) is 7.35. The van der Waals surface area contributed by atoms with Crippen LogP contribution in [0, 0.1) is 5.92 Å². The lowest BCUT2D eigenvalue weighted by molar-refractivity contribution is -0.113. The molecule has 1 heterocycles. The second-order valence-corrected chi connectivity index (χ2v) is 8.10. The predicted octanol–water partition coefficient (Wildman–Crippen LogP) is 4.08. The summed E-state index contributed by atoms with van der Waals surface area (Å²) in [7, 11) is 0. The molecule has 0 bridgehead atoms. The van der Waals surface area contributed by atoms with Crippen LogP contribution in [0.2, 0.25) is 0 Å². The van der Waals surface area contributed by atoms with Crippen molar-refractivity contribution in [2.45, 2.75) is 25.9 Å². The topological polar surface area (TPSA) is 96.1 Å². The minimum atomic E-state index is -0.209. The summed E-state index contributed by atoms with van der Waals surface area (Å²) >= 11 is 1.30. The molecule has 3 aromatic rings. The Morgan fingerprint density at radius 3 is 2.77 bits per heavy atom. The Morgan fingerprint density at radius 1 is 1.20 bits per heavy atom. The number of hydrogen-bond donors (Lipinski definition) is 3. The predicted molar refractivity (Wildman–Crippen MR) is 120 cm³/mol. The third-order valence-corrected chi connectivity index (χ3v) is 5.07. The van der Waals surface area contributed by atoms with E-state index in [1.807, 2.05) is 39.0 Å². The van der Waals surface area contributed by atoms with E-state index in [1.165, 1.54) is 11.8 Å². The Morgan fingerprint density at radius 2 is 2.00 bits per heavy atom. The van der Waals surface area contributed by atoms with Gasteiger partial charge in [0.15, 0.2) is 5.16 Å². The lowest BCUT2D eigenvalue weighted by Crippen LogP contribution is -2.28. The molecule has 158 valence electrons. The van der Waals surface area contributed by atoms with Crippen LogP contribution in [0.1, 0.15) is 31.1 Å². The fourth-order valence-corrected chi connectivity index (χ4v) is 3.48. The van der Waals surface area contributed by atoms with Crippen molar-refractivity contribution in [1.29, 1.82) is 0 Å². The van der Waals surface area contributed by atoms with Crippen molar-refractivity contribution in [2.75, 3.05) is 24.2 Å². The first-order valence-electron chi connectivity index (χ1n) is 9.88. The molecule has 30 heavy (non-hydrogen) atoms. The number of amides is 2. The zero-order valence-electron chi connectivity index (χ0n) is 17.3. The number of H-pyrrole nitrogens is 1. The number of carbonyl (C=O) groups excluding carboxylic acids is 2. The van der Waals surface area contributed by atoms with Gasteiger partial charge in [0.05, 0.1) is 34.6 Å². The molecule has 1 aromatic heterocycles. The number of imidazole rings is 1. The zero-order chi connectivity index (χ0) is 21.5.